The summed E-state index contributed by atoms with van der Waals surface area (Å²) in [5.74, 6) is -0.370. The maximum atomic E-state index is 11.2. The number of allylic oxidation sites excluding steroid dienone is 1. The van der Waals surface area contributed by atoms with E-state index in [-0.39, 0.29) is 11.4 Å². The van der Waals surface area contributed by atoms with Gasteiger partial charge in [0.2, 0.25) is 5.95 Å². The Morgan fingerprint density at radius 1 is 1.50 bits per heavy atom. The van der Waals surface area contributed by atoms with Gasteiger partial charge in [0.25, 0.3) is 0 Å². The Morgan fingerprint density at radius 3 is 3.05 bits per heavy atom. The number of fused-ring (bicyclic) bond motifs is 1. The van der Waals surface area contributed by atoms with Crippen molar-refractivity contribution in [3.05, 3.63) is 41.9 Å². The van der Waals surface area contributed by atoms with Crippen LogP contribution in [0.1, 0.15) is 18.5 Å². The van der Waals surface area contributed by atoms with Gasteiger partial charge in [0.05, 0.1) is 6.61 Å². The van der Waals surface area contributed by atoms with Crippen molar-refractivity contribution in [2.24, 2.45) is 0 Å². The van der Waals surface area contributed by atoms with Crippen molar-refractivity contribution >= 4 is 11.9 Å². The maximum Gasteiger partial charge on any atom is 0.352 e. The van der Waals surface area contributed by atoms with Crippen LogP contribution in [0.3, 0.4) is 0 Å². The lowest BCUT2D eigenvalue weighted by molar-refractivity contribution is -0.132. The van der Waals surface area contributed by atoms with Gasteiger partial charge in [-0.15, -0.1) is 0 Å². The zero-order valence-electron chi connectivity index (χ0n) is 11.7. The second-order valence-corrected chi connectivity index (χ2v) is 4.64. The van der Waals surface area contributed by atoms with Crippen molar-refractivity contribution < 1.29 is 19.7 Å². The molecule has 0 radical (unpaired) electrons. The van der Waals surface area contributed by atoms with Crippen LogP contribution in [-0.2, 0) is 4.79 Å². The molecule has 0 spiro atoms. The summed E-state index contributed by atoms with van der Waals surface area (Å²) in [5, 5.41) is 25.8. The fourth-order valence-corrected chi connectivity index (χ4v) is 2.28. The van der Waals surface area contributed by atoms with Crippen LogP contribution in [0.25, 0.3) is 0 Å². The van der Waals surface area contributed by atoms with Crippen molar-refractivity contribution in [3.63, 3.8) is 0 Å². The number of carboxylic acid groups (broad SMARTS) is 1. The number of nitrogens with one attached hydrogen (secondary N) is 1. The molecule has 8 nitrogen and oxygen atoms in total. The van der Waals surface area contributed by atoms with Crippen LogP contribution in [0.4, 0.5) is 5.95 Å². The molecule has 1 aromatic heterocycles. The molecule has 1 aliphatic heterocycles. The van der Waals surface area contributed by atoms with Crippen molar-refractivity contribution in [2.75, 3.05) is 11.9 Å². The van der Waals surface area contributed by atoms with Gasteiger partial charge in [0.15, 0.2) is 11.5 Å². The number of ether oxygens (including phenoxy) is 1. The molecule has 22 heavy (non-hydrogen) atoms. The number of carbonyl (C=O) groups is 1. The Kier molecular flexibility index (Phi) is 3.42. The van der Waals surface area contributed by atoms with Gasteiger partial charge in [0.1, 0.15) is 18.1 Å². The van der Waals surface area contributed by atoms with Gasteiger partial charge < -0.3 is 20.3 Å². The Labute approximate surface area is 125 Å². The van der Waals surface area contributed by atoms with Crippen LogP contribution in [0.15, 0.2) is 36.3 Å². The van der Waals surface area contributed by atoms with Crippen LogP contribution in [-0.4, -0.2) is 37.6 Å². The van der Waals surface area contributed by atoms with Gasteiger partial charge >= 0.3 is 5.97 Å². The fourth-order valence-electron chi connectivity index (χ4n) is 2.28. The van der Waals surface area contributed by atoms with E-state index >= 15 is 0 Å². The highest BCUT2D eigenvalue weighted by molar-refractivity contribution is 5.90. The molecule has 0 aliphatic carbocycles. The molecule has 1 aliphatic rings. The topological polar surface area (TPSA) is 110 Å². The summed E-state index contributed by atoms with van der Waals surface area (Å²) < 4.78 is 6.93. The summed E-state index contributed by atoms with van der Waals surface area (Å²) >= 11 is 0. The standard InChI is InChI=1S/C14H14N4O4/c1-2-22-12-5-8(3-4-11(12)19)10-6-9(13(20)21)17-14-15-7-16-18(10)14/h3-7,10,19H,2H2,1H3,(H,20,21)(H,15,16,17)/t10-/m0/s1. The first-order valence-electron chi connectivity index (χ1n) is 6.67. The predicted molar refractivity (Wildman–Crippen MR) is 76.8 cm³/mol. The molecular weight excluding hydrogens is 288 g/mol. The predicted octanol–water partition coefficient (Wildman–Crippen LogP) is 1.37. The van der Waals surface area contributed by atoms with Crippen LogP contribution in [0.2, 0.25) is 0 Å². The lowest BCUT2D eigenvalue weighted by Gasteiger charge is -2.23. The number of aromatic nitrogens is 3. The number of anilines is 1. The third-order valence-corrected chi connectivity index (χ3v) is 3.26. The van der Waals surface area contributed by atoms with Gasteiger partial charge in [-0.1, -0.05) is 6.07 Å². The van der Waals surface area contributed by atoms with Crippen molar-refractivity contribution in [2.45, 2.75) is 13.0 Å². The molecule has 0 saturated heterocycles. The maximum absolute atomic E-state index is 11.2. The molecule has 0 unspecified atom stereocenters. The highest BCUT2D eigenvalue weighted by Crippen LogP contribution is 2.34. The summed E-state index contributed by atoms with van der Waals surface area (Å²) in [4.78, 5) is 15.2. The van der Waals surface area contributed by atoms with Crippen molar-refractivity contribution in [1.29, 1.82) is 0 Å². The number of nitrogens with zero attached hydrogens (tertiary/aromatic N) is 3. The highest BCUT2D eigenvalue weighted by Gasteiger charge is 2.26. The van der Waals surface area contributed by atoms with Crippen LogP contribution >= 0.6 is 0 Å². The molecule has 3 N–H and O–H groups in total. The largest absolute Gasteiger partial charge is 0.504 e. The lowest BCUT2D eigenvalue weighted by atomic mass is 10.0. The van der Waals surface area contributed by atoms with E-state index in [1.54, 1.807) is 16.8 Å². The molecular formula is C14H14N4O4. The van der Waals surface area contributed by atoms with E-state index in [1.165, 1.54) is 18.5 Å². The average Bonchev–Trinajstić information content (AvgIpc) is 2.97. The Balaban J connectivity index is 2.07. The summed E-state index contributed by atoms with van der Waals surface area (Å²) in [6, 6.07) is 4.41. The number of rotatable bonds is 4. The van der Waals surface area contributed by atoms with Gasteiger partial charge in [-0.3, -0.25) is 0 Å². The molecule has 1 atom stereocenters. The number of carboxylic acids is 1. The second kappa shape index (κ2) is 5.40. The molecule has 1 aromatic carbocycles. The summed E-state index contributed by atoms with van der Waals surface area (Å²) in [6.45, 7) is 2.22. The molecule has 0 amide bonds. The van der Waals surface area contributed by atoms with Gasteiger partial charge in [-0.25, -0.2) is 9.48 Å². The number of hydrogen-bond acceptors (Lipinski definition) is 6. The molecule has 0 bridgehead atoms. The molecule has 8 heteroatoms. The summed E-state index contributed by atoms with van der Waals surface area (Å²) in [7, 11) is 0. The second-order valence-electron chi connectivity index (χ2n) is 4.64. The lowest BCUT2D eigenvalue weighted by Crippen LogP contribution is -2.24. The number of phenols is 1. The normalized spacial score (nSPS) is 16.4. The fraction of sp³-hybridized carbons (Fsp3) is 0.214. The molecule has 114 valence electrons. The van der Waals surface area contributed by atoms with Gasteiger partial charge in [-0.05, 0) is 30.7 Å². The number of aromatic hydroxyl groups is 1. The van der Waals surface area contributed by atoms with E-state index in [1.807, 2.05) is 6.92 Å². The first kappa shape index (κ1) is 13.9. The van der Waals surface area contributed by atoms with E-state index in [9.17, 15) is 15.0 Å². The van der Waals surface area contributed by atoms with Gasteiger partial charge in [0, 0.05) is 0 Å². The van der Waals surface area contributed by atoms with Crippen molar-refractivity contribution in [1.82, 2.24) is 14.8 Å². The smallest absolute Gasteiger partial charge is 0.352 e. The minimum Gasteiger partial charge on any atom is -0.504 e. The zero-order valence-corrected chi connectivity index (χ0v) is 11.7. The Morgan fingerprint density at radius 2 is 2.32 bits per heavy atom. The molecule has 0 fully saturated rings. The van der Waals surface area contributed by atoms with E-state index in [0.717, 1.165) is 5.56 Å². The Bertz CT molecular complexity index is 753. The Hall–Kier alpha value is -3.03. The van der Waals surface area contributed by atoms with Crippen LogP contribution in [0.5, 0.6) is 11.5 Å². The highest BCUT2D eigenvalue weighted by atomic mass is 16.5. The zero-order chi connectivity index (χ0) is 15.7. The quantitative estimate of drug-likeness (QED) is 0.782. The monoisotopic (exact) mass is 302 g/mol. The third kappa shape index (κ3) is 2.34. The summed E-state index contributed by atoms with van der Waals surface area (Å²) in [5.41, 5.74) is 0.754. The van der Waals surface area contributed by atoms with E-state index in [0.29, 0.717) is 18.3 Å². The number of phenolic OH excluding ortho intramolecular Hbond substituents is 1. The molecule has 2 heterocycles. The SMILES string of the molecule is CCOc1cc([C@@H]2C=C(C(=O)O)Nc3ncnn32)ccc1O. The summed E-state index contributed by atoms with van der Waals surface area (Å²) in [6.07, 6.45) is 2.88. The molecule has 0 saturated carbocycles. The first-order chi connectivity index (χ1) is 10.6. The average molecular weight is 302 g/mol. The molecule has 2 aromatic rings. The molecule has 3 rings (SSSR count). The number of hydrogen-bond donors (Lipinski definition) is 3. The van der Waals surface area contributed by atoms with Crippen LogP contribution < -0.4 is 10.1 Å². The van der Waals surface area contributed by atoms with Gasteiger partial charge in [-0.2, -0.15) is 10.1 Å². The number of aliphatic carboxylic acids is 1. The van der Waals surface area contributed by atoms with Crippen molar-refractivity contribution in [3.8, 4) is 11.5 Å². The van der Waals surface area contributed by atoms with E-state index in [4.69, 9.17) is 4.74 Å². The minimum atomic E-state index is -1.08. The van der Waals surface area contributed by atoms with E-state index in [2.05, 4.69) is 15.4 Å². The van der Waals surface area contributed by atoms with E-state index < -0.39 is 12.0 Å². The minimum absolute atomic E-state index is 0.0246. The van der Waals surface area contributed by atoms with Crippen LogP contribution in [0, 0.1) is 0 Å². The number of benzene rings is 1. The third-order valence-electron chi connectivity index (χ3n) is 3.26. The first-order valence-corrected chi connectivity index (χ1v) is 6.67.